The first kappa shape index (κ1) is 13.9. The molecule has 24 heavy (non-hydrogen) atoms. The van der Waals surface area contributed by atoms with E-state index >= 15 is 0 Å². The summed E-state index contributed by atoms with van der Waals surface area (Å²) in [7, 11) is 0. The van der Waals surface area contributed by atoms with E-state index in [4.69, 9.17) is 4.42 Å². The highest BCUT2D eigenvalue weighted by Crippen LogP contribution is 2.25. The van der Waals surface area contributed by atoms with Gasteiger partial charge in [0.05, 0.1) is 16.0 Å². The van der Waals surface area contributed by atoms with Crippen LogP contribution in [0.2, 0.25) is 0 Å². The van der Waals surface area contributed by atoms with Gasteiger partial charge in [-0.05, 0) is 24.3 Å². The first-order valence-corrected chi connectivity index (χ1v) is 6.93. The molecule has 0 fully saturated rings. The van der Waals surface area contributed by atoms with Gasteiger partial charge in [-0.3, -0.25) is 10.1 Å². The van der Waals surface area contributed by atoms with Gasteiger partial charge in [-0.15, -0.1) is 0 Å². The summed E-state index contributed by atoms with van der Waals surface area (Å²) in [5.74, 6) is 0.253. The number of rotatable bonds is 2. The summed E-state index contributed by atoms with van der Waals surface area (Å²) in [6, 6.07) is 10.2. The van der Waals surface area contributed by atoms with Gasteiger partial charge >= 0.3 is 5.63 Å². The number of phenolic OH excluding ortho intramolecular Hbond substituents is 1. The number of phenols is 1. The summed E-state index contributed by atoms with van der Waals surface area (Å²) >= 11 is 0. The highest BCUT2D eigenvalue weighted by molar-refractivity contribution is 5.85. The molecule has 2 aromatic carbocycles. The summed E-state index contributed by atoms with van der Waals surface area (Å²) in [5.41, 5.74) is 0.716. The van der Waals surface area contributed by atoms with Crippen LogP contribution in [0.25, 0.3) is 33.4 Å². The minimum Gasteiger partial charge on any atom is -0.508 e. The van der Waals surface area contributed by atoms with Crippen molar-refractivity contribution < 1.29 is 14.4 Å². The lowest BCUT2D eigenvalue weighted by molar-refractivity contribution is -0.384. The van der Waals surface area contributed by atoms with Crippen LogP contribution in [0.4, 0.5) is 5.69 Å². The predicted octanol–water partition coefficient (Wildman–Crippen LogP) is 2.95. The standard InChI is InChI=1S/C16H9N3O5/c20-10-3-1-8-5-11(16(21)24-14(8)7-10)15-17-12-4-2-9(19(22)23)6-13(12)18-15/h1-7,20H,(H,17,18). The molecule has 2 N–H and O–H groups in total. The van der Waals surface area contributed by atoms with Crippen LogP contribution in [0.3, 0.4) is 0 Å². The second-order valence-electron chi connectivity index (χ2n) is 5.21. The zero-order valence-electron chi connectivity index (χ0n) is 12.0. The third-order valence-electron chi connectivity index (χ3n) is 3.65. The van der Waals surface area contributed by atoms with Crippen molar-refractivity contribution in [3.8, 4) is 17.1 Å². The lowest BCUT2D eigenvalue weighted by Gasteiger charge is -2.00. The molecule has 0 unspecified atom stereocenters. The summed E-state index contributed by atoms with van der Waals surface area (Å²) in [5, 5.41) is 20.9. The number of H-pyrrole nitrogens is 1. The van der Waals surface area contributed by atoms with E-state index in [-0.39, 0.29) is 28.4 Å². The Kier molecular flexibility index (Phi) is 2.86. The molecule has 0 bridgehead atoms. The topological polar surface area (TPSA) is 122 Å². The average molecular weight is 323 g/mol. The maximum Gasteiger partial charge on any atom is 0.347 e. The molecule has 0 radical (unpaired) electrons. The molecular weight excluding hydrogens is 314 g/mol. The van der Waals surface area contributed by atoms with Crippen LogP contribution in [0.5, 0.6) is 5.75 Å². The van der Waals surface area contributed by atoms with Crippen LogP contribution < -0.4 is 5.63 Å². The number of hydrogen-bond acceptors (Lipinski definition) is 6. The Labute approximate surface area is 133 Å². The molecule has 0 atom stereocenters. The van der Waals surface area contributed by atoms with Gasteiger partial charge in [0.15, 0.2) is 0 Å². The van der Waals surface area contributed by atoms with Crippen molar-refractivity contribution >= 4 is 27.7 Å². The van der Waals surface area contributed by atoms with Crippen molar-refractivity contribution in [3.63, 3.8) is 0 Å². The van der Waals surface area contributed by atoms with Crippen molar-refractivity contribution in [1.82, 2.24) is 9.97 Å². The van der Waals surface area contributed by atoms with Crippen LogP contribution in [0.15, 0.2) is 51.7 Å². The molecule has 2 heterocycles. The number of aromatic hydroxyl groups is 1. The molecule has 0 spiro atoms. The van der Waals surface area contributed by atoms with Crippen molar-refractivity contribution in [2.24, 2.45) is 0 Å². The fraction of sp³-hybridized carbons (Fsp3) is 0. The Morgan fingerprint density at radius 3 is 2.79 bits per heavy atom. The molecular formula is C16H9N3O5. The van der Waals surface area contributed by atoms with Gasteiger partial charge < -0.3 is 14.5 Å². The first-order chi connectivity index (χ1) is 11.5. The SMILES string of the molecule is O=c1oc2cc(O)ccc2cc1-c1nc2ccc([N+](=O)[O-])cc2[nH]1. The molecule has 8 nitrogen and oxygen atoms in total. The van der Waals surface area contributed by atoms with Crippen LogP contribution in [0, 0.1) is 10.1 Å². The number of aromatic amines is 1. The zero-order chi connectivity index (χ0) is 16.8. The van der Waals surface area contributed by atoms with Crippen molar-refractivity contribution in [2.45, 2.75) is 0 Å². The molecule has 2 aromatic heterocycles. The normalized spacial score (nSPS) is 11.2. The number of aromatic nitrogens is 2. The number of hydrogen-bond donors (Lipinski definition) is 2. The number of imidazole rings is 1. The van der Waals surface area contributed by atoms with E-state index in [0.29, 0.717) is 16.4 Å². The summed E-state index contributed by atoms with van der Waals surface area (Å²) in [6.45, 7) is 0. The number of nitrogens with one attached hydrogen (secondary N) is 1. The van der Waals surface area contributed by atoms with E-state index in [0.717, 1.165) is 0 Å². The largest absolute Gasteiger partial charge is 0.508 e. The van der Waals surface area contributed by atoms with Crippen molar-refractivity contribution in [1.29, 1.82) is 0 Å². The Morgan fingerprint density at radius 2 is 2.00 bits per heavy atom. The average Bonchev–Trinajstić information content (AvgIpc) is 2.96. The van der Waals surface area contributed by atoms with Crippen LogP contribution in [-0.2, 0) is 0 Å². The fourth-order valence-electron chi connectivity index (χ4n) is 2.50. The minimum absolute atomic E-state index is 0.00514. The molecule has 4 rings (SSSR count). The van der Waals surface area contributed by atoms with Gasteiger partial charge in [0.1, 0.15) is 22.7 Å². The van der Waals surface area contributed by atoms with Gasteiger partial charge in [-0.25, -0.2) is 9.78 Å². The van der Waals surface area contributed by atoms with Crippen LogP contribution >= 0.6 is 0 Å². The maximum atomic E-state index is 12.2. The number of nitrogens with zero attached hydrogens (tertiary/aromatic N) is 2. The van der Waals surface area contributed by atoms with E-state index in [1.165, 1.54) is 30.3 Å². The highest BCUT2D eigenvalue weighted by atomic mass is 16.6. The molecule has 0 aliphatic carbocycles. The Balaban J connectivity index is 1.92. The molecule has 118 valence electrons. The lowest BCUT2D eigenvalue weighted by Crippen LogP contribution is -2.03. The summed E-state index contributed by atoms with van der Waals surface area (Å²) < 4.78 is 5.20. The van der Waals surface area contributed by atoms with Crippen LogP contribution in [-0.4, -0.2) is 20.0 Å². The highest BCUT2D eigenvalue weighted by Gasteiger charge is 2.14. The van der Waals surface area contributed by atoms with Gasteiger partial charge in [-0.1, -0.05) is 0 Å². The predicted molar refractivity (Wildman–Crippen MR) is 85.9 cm³/mol. The van der Waals surface area contributed by atoms with Crippen molar-refractivity contribution in [3.05, 3.63) is 63.0 Å². The first-order valence-electron chi connectivity index (χ1n) is 6.93. The summed E-state index contributed by atoms with van der Waals surface area (Å²) in [4.78, 5) is 29.7. The molecule has 0 saturated heterocycles. The maximum absolute atomic E-state index is 12.2. The quantitative estimate of drug-likeness (QED) is 0.332. The number of non-ortho nitro benzene ring substituents is 1. The van der Waals surface area contributed by atoms with Gasteiger partial charge in [0.2, 0.25) is 0 Å². The van der Waals surface area contributed by atoms with Crippen LogP contribution in [0.1, 0.15) is 0 Å². The Bertz CT molecular complexity index is 1180. The van der Waals surface area contributed by atoms with Gasteiger partial charge in [0, 0.05) is 23.6 Å². The Morgan fingerprint density at radius 1 is 1.17 bits per heavy atom. The minimum atomic E-state index is -0.623. The van der Waals surface area contributed by atoms with E-state index in [2.05, 4.69) is 9.97 Å². The number of nitro benzene ring substituents is 1. The zero-order valence-corrected chi connectivity index (χ0v) is 12.0. The summed E-state index contributed by atoms with van der Waals surface area (Å²) in [6.07, 6.45) is 0. The van der Waals surface area contributed by atoms with Gasteiger partial charge in [0.25, 0.3) is 5.69 Å². The molecule has 0 saturated carbocycles. The molecule has 0 amide bonds. The lowest BCUT2D eigenvalue weighted by atomic mass is 10.2. The van der Waals surface area contributed by atoms with Crippen molar-refractivity contribution in [2.75, 3.05) is 0 Å². The third-order valence-corrected chi connectivity index (χ3v) is 3.65. The Hall–Kier alpha value is -3.68. The monoisotopic (exact) mass is 323 g/mol. The second-order valence-corrected chi connectivity index (χ2v) is 5.21. The van der Waals surface area contributed by atoms with E-state index < -0.39 is 10.5 Å². The molecule has 8 heteroatoms. The molecule has 0 aliphatic rings. The second kappa shape index (κ2) is 4.92. The molecule has 0 aliphatic heterocycles. The van der Waals surface area contributed by atoms with Gasteiger partial charge in [-0.2, -0.15) is 0 Å². The number of benzene rings is 2. The number of nitro groups is 1. The van der Waals surface area contributed by atoms with E-state index in [9.17, 15) is 20.0 Å². The smallest absolute Gasteiger partial charge is 0.347 e. The third kappa shape index (κ3) is 2.17. The van der Waals surface area contributed by atoms with E-state index in [1.54, 1.807) is 12.1 Å². The van der Waals surface area contributed by atoms with E-state index in [1.807, 2.05) is 0 Å². The fourth-order valence-corrected chi connectivity index (χ4v) is 2.50. The molecule has 4 aromatic rings. The number of fused-ring (bicyclic) bond motifs is 2.